The second kappa shape index (κ2) is 8.66. The highest BCUT2D eigenvalue weighted by Crippen LogP contribution is 2.49. The van der Waals surface area contributed by atoms with Gasteiger partial charge in [0.1, 0.15) is 5.92 Å². The normalized spacial score (nSPS) is 21.8. The highest BCUT2D eigenvalue weighted by Gasteiger charge is 2.60. The van der Waals surface area contributed by atoms with E-state index < -0.39 is 24.0 Å². The average Bonchev–Trinajstić information content (AvgIpc) is 3.34. The third-order valence-corrected chi connectivity index (χ3v) is 6.64. The van der Waals surface area contributed by atoms with Gasteiger partial charge in [-0.25, -0.2) is 9.96 Å². The number of anilines is 2. The molecule has 0 unspecified atom stereocenters. The van der Waals surface area contributed by atoms with Gasteiger partial charge in [0.2, 0.25) is 5.91 Å². The van der Waals surface area contributed by atoms with Crippen LogP contribution in [0.15, 0.2) is 66.7 Å². The smallest absolute Gasteiger partial charge is 0.266 e. The summed E-state index contributed by atoms with van der Waals surface area (Å²) in [5.41, 5.74) is 2.49. The van der Waals surface area contributed by atoms with Crippen LogP contribution in [0.5, 0.6) is 11.5 Å². The molecule has 2 aliphatic heterocycles. The van der Waals surface area contributed by atoms with Crippen LogP contribution in [0.25, 0.3) is 0 Å². The first-order chi connectivity index (χ1) is 16.4. The summed E-state index contributed by atoms with van der Waals surface area (Å²) in [4.78, 5) is 34.6. The van der Waals surface area contributed by atoms with E-state index in [2.05, 4.69) is 0 Å². The van der Waals surface area contributed by atoms with Crippen LogP contribution < -0.4 is 14.7 Å². The van der Waals surface area contributed by atoms with Crippen LogP contribution in [-0.2, 0) is 14.4 Å². The predicted octanol–water partition coefficient (Wildman–Crippen LogP) is 4.80. The Morgan fingerprint density at radius 2 is 1.79 bits per heavy atom. The Balaban J connectivity index is 1.61. The molecule has 2 heterocycles. The number of hydroxylamine groups is 1. The van der Waals surface area contributed by atoms with Crippen LogP contribution in [-0.4, -0.2) is 29.6 Å². The summed E-state index contributed by atoms with van der Waals surface area (Å²) in [6.07, 6.45) is -1.000. The molecule has 7 nitrogen and oxygen atoms in total. The topological polar surface area (TPSA) is 79.3 Å². The second-order valence-electron chi connectivity index (χ2n) is 8.21. The maximum Gasteiger partial charge on any atom is 0.266 e. The fraction of sp³-hybridized carbons (Fsp3) is 0.231. The first kappa shape index (κ1) is 22.3. The van der Waals surface area contributed by atoms with Gasteiger partial charge in [0, 0.05) is 5.02 Å². The highest BCUT2D eigenvalue weighted by atomic mass is 35.5. The van der Waals surface area contributed by atoms with Crippen LogP contribution in [0.1, 0.15) is 24.1 Å². The van der Waals surface area contributed by atoms with Crippen molar-refractivity contribution in [2.45, 2.75) is 26.0 Å². The van der Waals surface area contributed by atoms with Crippen molar-refractivity contribution in [3.05, 3.63) is 82.9 Å². The number of carbonyl (C=O) groups is 2. The molecule has 3 aromatic rings. The van der Waals surface area contributed by atoms with Gasteiger partial charge in [0.25, 0.3) is 5.91 Å². The summed E-state index contributed by atoms with van der Waals surface area (Å²) in [5.74, 6) is -1.30. The molecule has 3 atom stereocenters. The lowest BCUT2D eigenvalue weighted by molar-refractivity contribution is -0.126. The maximum atomic E-state index is 13.8. The van der Waals surface area contributed by atoms with E-state index in [0.717, 1.165) is 0 Å². The Labute approximate surface area is 202 Å². The molecule has 0 aliphatic carbocycles. The van der Waals surface area contributed by atoms with Crippen molar-refractivity contribution in [3.8, 4) is 11.5 Å². The van der Waals surface area contributed by atoms with Gasteiger partial charge < -0.3 is 9.84 Å². The molecule has 3 aromatic carbocycles. The molecule has 8 heteroatoms. The average molecular weight is 479 g/mol. The van der Waals surface area contributed by atoms with Gasteiger partial charge in [-0.3, -0.25) is 14.4 Å². The molecular weight excluding hydrogens is 456 g/mol. The Bertz CT molecular complexity index is 1270. The number of halogens is 1. The molecule has 2 saturated heterocycles. The SMILES string of the molecule is CCOc1cc([C@H]2[C@H]3C(=O)N(c4cccc(Cl)c4C)C(=O)[C@@H]3ON2c2ccccc2)ccc1O. The molecule has 0 aromatic heterocycles. The number of hydrogen-bond acceptors (Lipinski definition) is 6. The quantitative estimate of drug-likeness (QED) is 0.530. The molecule has 2 aliphatic rings. The minimum atomic E-state index is -1.000. The number of para-hydroxylation sites is 1. The lowest BCUT2D eigenvalue weighted by atomic mass is 9.90. The molecule has 0 spiro atoms. The summed E-state index contributed by atoms with van der Waals surface area (Å²) in [6, 6.07) is 18.7. The Morgan fingerprint density at radius 1 is 1.03 bits per heavy atom. The Hall–Kier alpha value is -3.55. The number of nitrogens with zero attached hydrogens (tertiary/aromatic N) is 2. The second-order valence-corrected chi connectivity index (χ2v) is 8.62. The molecule has 0 radical (unpaired) electrons. The molecule has 0 bridgehead atoms. The standard InChI is InChI=1S/C26H23ClN2O5/c1-3-33-21-14-16(12-13-20(21)30)23-22-24(34-29(23)17-8-5-4-6-9-17)26(32)28(25(22)31)19-11-7-10-18(27)15(19)2/h4-14,22-24,30H,3H2,1-2H3/t22-,23+,24-/m1/s1. The van der Waals surface area contributed by atoms with Gasteiger partial charge >= 0.3 is 0 Å². The molecule has 174 valence electrons. The van der Waals surface area contributed by atoms with Gasteiger partial charge in [0.15, 0.2) is 17.6 Å². The lowest BCUT2D eigenvalue weighted by Gasteiger charge is -2.29. The zero-order valence-corrected chi connectivity index (χ0v) is 19.4. The third-order valence-electron chi connectivity index (χ3n) is 6.23. The number of fused-ring (bicyclic) bond motifs is 1. The first-order valence-corrected chi connectivity index (χ1v) is 11.4. The highest BCUT2D eigenvalue weighted by molar-refractivity contribution is 6.32. The van der Waals surface area contributed by atoms with Gasteiger partial charge in [-0.15, -0.1) is 0 Å². The summed E-state index contributed by atoms with van der Waals surface area (Å²) >= 11 is 6.27. The van der Waals surface area contributed by atoms with E-state index in [4.69, 9.17) is 21.2 Å². The van der Waals surface area contributed by atoms with E-state index in [1.807, 2.05) is 37.3 Å². The van der Waals surface area contributed by atoms with Crippen molar-refractivity contribution in [1.82, 2.24) is 0 Å². The van der Waals surface area contributed by atoms with Gasteiger partial charge in [0.05, 0.1) is 24.0 Å². The molecule has 0 saturated carbocycles. The number of hydrogen-bond donors (Lipinski definition) is 1. The minimum absolute atomic E-state index is 0.00247. The number of amides is 2. The van der Waals surface area contributed by atoms with Crippen LogP contribution >= 0.6 is 11.6 Å². The predicted molar refractivity (Wildman–Crippen MR) is 128 cm³/mol. The molecule has 2 fully saturated rings. The number of aromatic hydroxyl groups is 1. The van der Waals surface area contributed by atoms with Crippen LogP contribution in [0, 0.1) is 12.8 Å². The summed E-state index contributed by atoms with van der Waals surface area (Å²) in [7, 11) is 0. The number of phenols is 1. The van der Waals surface area contributed by atoms with Crippen molar-refractivity contribution in [1.29, 1.82) is 0 Å². The van der Waals surface area contributed by atoms with E-state index in [-0.39, 0.29) is 11.7 Å². The maximum absolute atomic E-state index is 13.8. The van der Waals surface area contributed by atoms with Crippen molar-refractivity contribution >= 4 is 34.8 Å². The van der Waals surface area contributed by atoms with E-state index in [0.29, 0.717) is 39.9 Å². The zero-order chi connectivity index (χ0) is 24.0. The summed E-state index contributed by atoms with van der Waals surface area (Å²) < 4.78 is 5.57. The summed E-state index contributed by atoms with van der Waals surface area (Å²) in [5, 5.41) is 12.3. The number of phenolic OH excluding ortho intramolecular Hbond substituents is 1. The minimum Gasteiger partial charge on any atom is -0.504 e. The first-order valence-electron chi connectivity index (χ1n) is 11.0. The van der Waals surface area contributed by atoms with Gasteiger partial charge in [-0.2, -0.15) is 0 Å². The number of carbonyl (C=O) groups excluding carboxylic acids is 2. The van der Waals surface area contributed by atoms with Gasteiger partial charge in [-0.05, 0) is 61.4 Å². The molecule has 5 rings (SSSR count). The van der Waals surface area contributed by atoms with Crippen LogP contribution in [0.2, 0.25) is 5.02 Å². The zero-order valence-electron chi connectivity index (χ0n) is 18.6. The van der Waals surface area contributed by atoms with Crippen molar-refractivity contribution in [2.75, 3.05) is 16.6 Å². The lowest BCUT2D eigenvalue weighted by Crippen LogP contribution is -2.37. The van der Waals surface area contributed by atoms with Crippen molar-refractivity contribution < 1.29 is 24.3 Å². The molecular formula is C26H23ClN2O5. The Kier molecular flexibility index (Phi) is 5.67. The van der Waals surface area contributed by atoms with Crippen LogP contribution in [0.3, 0.4) is 0 Å². The molecule has 34 heavy (non-hydrogen) atoms. The third kappa shape index (κ3) is 3.48. The van der Waals surface area contributed by atoms with Crippen molar-refractivity contribution in [3.63, 3.8) is 0 Å². The van der Waals surface area contributed by atoms with E-state index in [1.54, 1.807) is 42.3 Å². The molecule has 2 amide bonds. The van der Waals surface area contributed by atoms with Gasteiger partial charge in [-0.1, -0.05) is 41.9 Å². The fourth-order valence-corrected chi connectivity index (χ4v) is 4.78. The number of benzene rings is 3. The van der Waals surface area contributed by atoms with E-state index >= 15 is 0 Å². The largest absolute Gasteiger partial charge is 0.504 e. The van der Waals surface area contributed by atoms with E-state index in [9.17, 15) is 14.7 Å². The number of imide groups is 1. The van der Waals surface area contributed by atoms with E-state index in [1.165, 1.54) is 11.0 Å². The number of rotatable bonds is 5. The van der Waals surface area contributed by atoms with Crippen LogP contribution in [0.4, 0.5) is 11.4 Å². The van der Waals surface area contributed by atoms with Crippen molar-refractivity contribution in [2.24, 2.45) is 5.92 Å². The summed E-state index contributed by atoms with van der Waals surface area (Å²) in [6.45, 7) is 3.96. The Morgan fingerprint density at radius 3 is 2.53 bits per heavy atom. The fourth-order valence-electron chi connectivity index (χ4n) is 4.61. The molecule has 1 N–H and O–H groups in total. The monoisotopic (exact) mass is 478 g/mol. The number of ether oxygens (including phenoxy) is 1.